The fraction of sp³-hybridized carbons (Fsp3) is 0.625. The SMILES string of the molecule is CCN1CCN(c2nc3c(c(=O)n(CC(C)=O)c(=O)n3C)n2C)CC1. The summed E-state index contributed by atoms with van der Waals surface area (Å²) in [4.78, 5) is 45.7. The Balaban J connectivity index is 2.12. The molecule has 0 aromatic carbocycles. The summed E-state index contributed by atoms with van der Waals surface area (Å²) in [6.07, 6.45) is 0. The van der Waals surface area contributed by atoms with Gasteiger partial charge in [-0.3, -0.25) is 18.7 Å². The van der Waals surface area contributed by atoms with Crippen molar-refractivity contribution in [1.29, 1.82) is 0 Å². The molecule has 25 heavy (non-hydrogen) atoms. The van der Waals surface area contributed by atoms with E-state index in [0.29, 0.717) is 17.1 Å². The van der Waals surface area contributed by atoms with Crippen molar-refractivity contribution in [2.75, 3.05) is 37.6 Å². The molecule has 0 unspecified atom stereocenters. The molecule has 0 atom stereocenters. The highest BCUT2D eigenvalue weighted by molar-refractivity contribution is 5.77. The quantitative estimate of drug-likeness (QED) is 0.717. The second kappa shape index (κ2) is 6.47. The Morgan fingerprint density at radius 3 is 2.28 bits per heavy atom. The van der Waals surface area contributed by atoms with E-state index in [2.05, 4.69) is 21.7 Å². The predicted octanol–water partition coefficient (Wildman–Crippen LogP) is -0.835. The Bertz CT molecular complexity index is 930. The molecule has 0 aliphatic carbocycles. The highest BCUT2D eigenvalue weighted by Crippen LogP contribution is 2.19. The van der Waals surface area contributed by atoms with Gasteiger partial charge < -0.3 is 14.4 Å². The molecular weight excluding hydrogens is 324 g/mol. The van der Waals surface area contributed by atoms with Crippen molar-refractivity contribution in [3.63, 3.8) is 0 Å². The van der Waals surface area contributed by atoms with Crippen molar-refractivity contribution < 1.29 is 4.79 Å². The van der Waals surface area contributed by atoms with E-state index in [0.717, 1.165) is 37.3 Å². The molecular formula is C16H24N6O3. The molecule has 136 valence electrons. The van der Waals surface area contributed by atoms with E-state index in [1.807, 2.05) is 0 Å². The molecule has 0 spiro atoms. The monoisotopic (exact) mass is 348 g/mol. The molecule has 1 fully saturated rings. The first-order valence-electron chi connectivity index (χ1n) is 8.48. The van der Waals surface area contributed by atoms with Crippen LogP contribution in [0.3, 0.4) is 0 Å². The standard InChI is InChI=1S/C16H24N6O3/c1-5-20-6-8-21(9-7-20)15-17-13-12(18(15)3)14(24)22(10-11(2)23)16(25)19(13)4/h5-10H2,1-4H3. The minimum Gasteiger partial charge on any atom is -0.340 e. The fourth-order valence-corrected chi connectivity index (χ4v) is 3.34. The van der Waals surface area contributed by atoms with Crippen LogP contribution >= 0.6 is 0 Å². The minimum absolute atomic E-state index is 0.225. The lowest BCUT2D eigenvalue weighted by Gasteiger charge is -2.34. The number of anilines is 1. The average Bonchev–Trinajstić information content (AvgIpc) is 2.94. The third kappa shape index (κ3) is 2.88. The highest BCUT2D eigenvalue weighted by atomic mass is 16.2. The second-order valence-corrected chi connectivity index (χ2v) is 6.50. The van der Waals surface area contributed by atoms with Gasteiger partial charge in [0.05, 0.1) is 6.54 Å². The van der Waals surface area contributed by atoms with E-state index in [9.17, 15) is 14.4 Å². The highest BCUT2D eigenvalue weighted by Gasteiger charge is 2.24. The van der Waals surface area contributed by atoms with E-state index in [1.54, 1.807) is 18.7 Å². The molecule has 3 heterocycles. The Kier molecular flexibility index (Phi) is 4.51. The lowest BCUT2D eigenvalue weighted by molar-refractivity contribution is -0.117. The molecule has 2 aromatic heterocycles. The van der Waals surface area contributed by atoms with Crippen LogP contribution in [0.25, 0.3) is 11.2 Å². The third-order valence-corrected chi connectivity index (χ3v) is 4.82. The zero-order valence-corrected chi connectivity index (χ0v) is 15.2. The number of fused-ring (bicyclic) bond motifs is 1. The van der Waals surface area contributed by atoms with E-state index in [4.69, 9.17) is 0 Å². The summed E-state index contributed by atoms with van der Waals surface area (Å²) >= 11 is 0. The van der Waals surface area contributed by atoms with E-state index in [1.165, 1.54) is 11.5 Å². The maximum Gasteiger partial charge on any atom is 0.332 e. The Morgan fingerprint density at radius 2 is 1.72 bits per heavy atom. The number of rotatable bonds is 4. The Hall–Kier alpha value is -2.42. The van der Waals surface area contributed by atoms with Gasteiger partial charge in [-0.1, -0.05) is 6.92 Å². The van der Waals surface area contributed by atoms with Crippen LogP contribution in [0.1, 0.15) is 13.8 Å². The van der Waals surface area contributed by atoms with Crippen LogP contribution in [0.5, 0.6) is 0 Å². The molecule has 0 amide bonds. The largest absolute Gasteiger partial charge is 0.340 e. The van der Waals surface area contributed by atoms with Gasteiger partial charge in [0.25, 0.3) is 5.56 Å². The zero-order valence-electron chi connectivity index (χ0n) is 15.2. The first kappa shape index (κ1) is 17.4. The van der Waals surface area contributed by atoms with E-state index >= 15 is 0 Å². The smallest absolute Gasteiger partial charge is 0.332 e. The zero-order chi connectivity index (χ0) is 18.3. The number of nitrogens with zero attached hydrogens (tertiary/aromatic N) is 6. The molecule has 0 bridgehead atoms. The van der Waals surface area contributed by atoms with Gasteiger partial charge in [0.2, 0.25) is 5.95 Å². The maximum atomic E-state index is 12.8. The number of hydrogen-bond donors (Lipinski definition) is 0. The van der Waals surface area contributed by atoms with Gasteiger partial charge in [-0.05, 0) is 13.5 Å². The second-order valence-electron chi connectivity index (χ2n) is 6.50. The number of carbonyl (C=O) groups excluding carboxylic acids is 1. The van der Waals surface area contributed by atoms with Gasteiger partial charge >= 0.3 is 5.69 Å². The molecule has 1 aliphatic rings. The third-order valence-electron chi connectivity index (χ3n) is 4.82. The predicted molar refractivity (Wildman–Crippen MR) is 95.2 cm³/mol. The molecule has 9 nitrogen and oxygen atoms in total. The first-order valence-corrected chi connectivity index (χ1v) is 8.48. The van der Waals surface area contributed by atoms with E-state index < -0.39 is 11.2 Å². The summed E-state index contributed by atoms with van der Waals surface area (Å²) in [7, 11) is 3.35. The van der Waals surface area contributed by atoms with Crippen LogP contribution < -0.4 is 16.1 Å². The number of aromatic nitrogens is 4. The van der Waals surface area contributed by atoms with Crippen LogP contribution in [0.4, 0.5) is 5.95 Å². The van der Waals surface area contributed by atoms with Gasteiger partial charge in [-0.2, -0.15) is 4.98 Å². The van der Waals surface area contributed by atoms with Crippen molar-refractivity contribution in [1.82, 2.24) is 23.6 Å². The van der Waals surface area contributed by atoms with Crippen LogP contribution in [-0.4, -0.2) is 62.1 Å². The topological polar surface area (TPSA) is 85.4 Å². The lowest BCUT2D eigenvalue weighted by Crippen LogP contribution is -2.47. The summed E-state index contributed by atoms with van der Waals surface area (Å²) in [5.74, 6) is 0.440. The number of aryl methyl sites for hydroxylation is 2. The number of hydrogen-bond acceptors (Lipinski definition) is 6. The average molecular weight is 348 g/mol. The minimum atomic E-state index is -0.520. The summed E-state index contributed by atoms with van der Waals surface area (Å²) in [6, 6.07) is 0. The number of piperazine rings is 1. The number of imidazole rings is 1. The Morgan fingerprint density at radius 1 is 1.08 bits per heavy atom. The van der Waals surface area contributed by atoms with Crippen LogP contribution in [0.15, 0.2) is 9.59 Å². The van der Waals surface area contributed by atoms with Crippen molar-refractivity contribution in [3.05, 3.63) is 20.8 Å². The molecule has 0 radical (unpaired) electrons. The number of Topliss-reactive ketones (excluding diaryl/α,β-unsaturated/α-hetero) is 1. The molecule has 1 saturated heterocycles. The fourth-order valence-electron chi connectivity index (χ4n) is 3.34. The van der Waals surface area contributed by atoms with Gasteiger partial charge in [0, 0.05) is 40.3 Å². The van der Waals surface area contributed by atoms with Gasteiger partial charge in [-0.25, -0.2) is 4.79 Å². The molecule has 2 aromatic rings. The molecule has 1 aliphatic heterocycles. The molecule has 0 saturated carbocycles. The number of ketones is 1. The van der Waals surface area contributed by atoms with Gasteiger partial charge in [0.15, 0.2) is 11.2 Å². The Labute approximate surface area is 145 Å². The lowest BCUT2D eigenvalue weighted by atomic mass is 10.3. The van der Waals surface area contributed by atoms with Gasteiger partial charge in [-0.15, -0.1) is 0 Å². The first-order chi connectivity index (χ1) is 11.8. The maximum absolute atomic E-state index is 12.8. The molecule has 0 N–H and O–H groups in total. The van der Waals surface area contributed by atoms with Crippen LogP contribution in [0.2, 0.25) is 0 Å². The summed E-state index contributed by atoms with van der Waals surface area (Å²) in [5.41, 5.74) is -0.295. The number of carbonyl (C=O) groups is 1. The van der Waals surface area contributed by atoms with Crippen LogP contribution in [0, 0.1) is 0 Å². The van der Waals surface area contributed by atoms with Crippen molar-refractivity contribution in [3.8, 4) is 0 Å². The summed E-state index contributed by atoms with van der Waals surface area (Å²) < 4.78 is 4.05. The molecule has 9 heteroatoms. The van der Waals surface area contributed by atoms with Crippen molar-refractivity contribution in [2.45, 2.75) is 20.4 Å². The van der Waals surface area contributed by atoms with Crippen LogP contribution in [-0.2, 0) is 25.4 Å². The van der Waals surface area contributed by atoms with Crippen molar-refractivity contribution >= 4 is 22.9 Å². The molecule has 3 rings (SSSR count). The summed E-state index contributed by atoms with van der Waals surface area (Å²) in [5, 5.41) is 0. The van der Waals surface area contributed by atoms with Crippen molar-refractivity contribution in [2.24, 2.45) is 14.1 Å². The normalized spacial score (nSPS) is 15.9. The van der Waals surface area contributed by atoms with E-state index in [-0.39, 0.29) is 12.3 Å². The summed E-state index contributed by atoms with van der Waals surface area (Å²) in [6.45, 7) is 7.80. The van der Waals surface area contributed by atoms with Gasteiger partial charge in [0.1, 0.15) is 5.78 Å². The number of likely N-dealkylation sites (N-methyl/N-ethyl adjacent to an activating group) is 1.